The quantitative estimate of drug-likeness (QED) is 0.778. The monoisotopic (exact) mass is 331 g/mol. The molecular weight excluding hydrogens is 314 g/mol. The zero-order chi connectivity index (χ0) is 15.8. The molecule has 1 aliphatic rings. The molecule has 1 aliphatic carbocycles. The van der Waals surface area contributed by atoms with Gasteiger partial charge in [-0.3, -0.25) is 4.79 Å². The summed E-state index contributed by atoms with van der Waals surface area (Å²) in [7, 11) is 3.17. The Morgan fingerprint density at radius 2 is 2.00 bits per heavy atom. The van der Waals surface area contributed by atoms with Gasteiger partial charge in [-0.1, -0.05) is 0 Å². The van der Waals surface area contributed by atoms with E-state index < -0.39 is 9.05 Å². The lowest BCUT2D eigenvalue weighted by molar-refractivity contribution is 0.0785. The highest BCUT2D eigenvalue weighted by Crippen LogP contribution is 2.31. The van der Waals surface area contributed by atoms with E-state index in [1.54, 1.807) is 31.9 Å². The molecule has 0 N–H and O–H groups in total. The fraction of sp³-hybridized carbons (Fsp3) is 0.500. The highest BCUT2D eigenvalue weighted by atomic mass is 35.7. The topological polar surface area (TPSA) is 63.7 Å². The number of benzene rings is 1. The van der Waals surface area contributed by atoms with Crippen LogP contribution in [0.4, 0.5) is 0 Å². The molecule has 2 rings (SSSR count). The van der Waals surface area contributed by atoms with Crippen molar-refractivity contribution in [2.75, 3.05) is 7.05 Å². The molecule has 0 heterocycles. The number of rotatable bonds is 5. The average Bonchev–Trinajstić information content (AvgIpc) is 3.19. The molecule has 116 valence electrons. The molecule has 1 aromatic rings. The Morgan fingerprint density at radius 1 is 1.38 bits per heavy atom. The maximum atomic E-state index is 12.3. The molecule has 0 radical (unpaired) electrons. The standard InChI is InChI=1S/C14H18ClNO4S/c1-9(2)20-12-7-4-10(8-13(12)21(15,18)19)14(17)16(3)11-5-6-11/h4,7-9,11H,5-6H2,1-3H3. The first-order valence-corrected chi connectivity index (χ1v) is 9.03. The van der Waals surface area contributed by atoms with Crippen LogP contribution in [0.3, 0.4) is 0 Å². The zero-order valence-electron chi connectivity index (χ0n) is 12.2. The first kappa shape index (κ1) is 16.1. The van der Waals surface area contributed by atoms with Gasteiger partial charge in [0.05, 0.1) is 6.10 Å². The minimum Gasteiger partial charge on any atom is -0.490 e. The molecule has 0 bridgehead atoms. The predicted molar refractivity (Wildman–Crippen MR) is 80.4 cm³/mol. The van der Waals surface area contributed by atoms with Crippen molar-refractivity contribution in [2.45, 2.75) is 43.7 Å². The second-order valence-electron chi connectivity index (χ2n) is 5.41. The van der Waals surface area contributed by atoms with Crippen molar-refractivity contribution in [3.8, 4) is 5.75 Å². The predicted octanol–water partition coefficient (Wildman–Crippen LogP) is 2.64. The number of nitrogens with zero attached hydrogens (tertiary/aromatic N) is 1. The summed E-state index contributed by atoms with van der Waals surface area (Å²) >= 11 is 0. The minimum atomic E-state index is -3.99. The second-order valence-corrected chi connectivity index (χ2v) is 7.95. The molecule has 1 saturated carbocycles. The molecule has 0 aromatic heterocycles. The molecule has 0 spiro atoms. The second kappa shape index (κ2) is 5.85. The number of hydrogen-bond acceptors (Lipinski definition) is 4. The van der Waals surface area contributed by atoms with Crippen molar-refractivity contribution in [1.29, 1.82) is 0 Å². The van der Waals surface area contributed by atoms with Gasteiger partial charge in [-0.15, -0.1) is 0 Å². The van der Waals surface area contributed by atoms with E-state index in [4.69, 9.17) is 15.4 Å². The summed E-state index contributed by atoms with van der Waals surface area (Å²) in [6, 6.07) is 4.56. The van der Waals surface area contributed by atoms with Gasteiger partial charge in [-0.2, -0.15) is 0 Å². The Bertz CT molecular complexity index is 653. The summed E-state index contributed by atoms with van der Waals surface area (Å²) in [6.07, 6.45) is 1.77. The Balaban J connectivity index is 2.39. The number of amides is 1. The Morgan fingerprint density at radius 3 is 2.48 bits per heavy atom. The molecular formula is C14H18ClNO4S. The lowest BCUT2D eigenvalue weighted by atomic mass is 10.2. The van der Waals surface area contributed by atoms with Crippen LogP contribution in [0.15, 0.2) is 23.1 Å². The van der Waals surface area contributed by atoms with Crippen LogP contribution >= 0.6 is 10.7 Å². The summed E-state index contributed by atoms with van der Waals surface area (Å²) in [5.41, 5.74) is 0.291. The highest BCUT2D eigenvalue weighted by molar-refractivity contribution is 8.13. The van der Waals surface area contributed by atoms with Gasteiger partial charge in [0.15, 0.2) is 0 Å². The van der Waals surface area contributed by atoms with Crippen LogP contribution in [0.5, 0.6) is 5.75 Å². The average molecular weight is 332 g/mol. The molecule has 1 aromatic carbocycles. The summed E-state index contributed by atoms with van der Waals surface area (Å²) in [6.45, 7) is 3.56. The fourth-order valence-electron chi connectivity index (χ4n) is 2.01. The third kappa shape index (κ3) is 3.89. The van der Waals surface area contributed by atoms with E-state index in [-0.39, 0.29) is 28.7 Å². The highest BCUT2D eigenvalue weighted by Gasteiger charge is 2.31. The van der Waals surface area contributed by atoms with E-state index >= 15 is 0 Å². The number of carbonyl (C=O) groups is 1. The third-order valence-electron chi connectivity index (χ3n) is 3.23. The first-order valence-electron chi connectivity index (χ1n) is 6.72. The van der Waals surface area contributed by atoms with E-state index in [9.17, 15) is 13.2 Å². The summed E-state index contributed by atoms with van der Waals surface area (Å²) in [4.78, 5) is 13.7. The molecule has 1 amide bonds. The van der Waals surface area contributed by atoms with Crippen molar-refractivity contribution < 1.29 is 17.9 Å². The Hall–Kier alpha value is -1.27. The lowest BCUT2D eigenvalue weighted by Gasteiger charge is -2.18. The van der Waals surface area contributed by atoms with E-state index in [0.717, 1.165) is 12.8 Å². The number of halogens is 1. The lowest BCUT2D eigenvalue weighted by Crippen LogP contribution is -2.28. The number of ether oxygens (including phenoxy) is 1. The maximum Gasteiger partial charge on any atom is 0.265 e. The van der Waals surface area contributed by atoms with E-state index in [1.807, 2.05) is 0 Å². The van der Waals surface area contributed by atoms with Crippen LogP contribution in [0.25, 0.3) is 0 Å². The molecule has 0 aliphatic heterocycles. The van der Waals surface area contributed by atoms with E-state index in [1.165, 1.54) is 12.1 Å². The van der Waals surface area contributed by atoms with Crippen LogP contribution in [0, 0.1) is 0 Å². The van der Waals surface area contributed by atoms with Gasteiger partial charge in [0.25, 0.3) is 15.0 Å². The van der Waals surface area contributed by atoms with Crippen LogP contribution in [-0.2, 0) is 9.05 Å². The summed E-state index contributed by atoms with van der Waals surface area (Å²) in [5.74, 6) is -0.0548. The molecule has 5 nitrogen and oxygen atoms in total. The maximum absolute atomic E-state index is 12.3. The van der Waals surface area contributed by atoms with Crippen molar-refractivity contribution in [3.05, 3.63) is 23.8 Å². The molecule has 0 saturated heterocycles. The van der Waals surface area contributed by atoms with Gasteiger partial charge < -0.3 is 9.64 Å². The normalized spacial score (nSPS) is 15.1. The zero-order valence-corrected chi connectivity index (χ0v) is 13.7. The molecule has 0 atom stereocenters. The SMILES string of the molecule is CC(C)Oc1ccc(C(=O)N(C)C2CC2)cc1S(=O)(=O)Cl. The van der Waals surface area contributed by atoms with Crippen molar-refractivity contribution >= 4 is 25.6 Å². The van der Waals surface area contributed by atoms with Crippen molar-refractivity contribution in [2.24, 2.45) is 0 Å². The number of hydrogen-bond donors (Lipinski definition) is 0. The van der Waals surface area contributed by atoms with Gasteiger partial charge in [0.1, 0.15) is 10.6 Å². The molecule has 7 heteroatoms. The van der Waals surface area contributed by atoms with Crippen LogP contribution in [-0.4, -0.2) is 38.4 Å². The smallest absolute Gasteiger partial charge is 0.265 e. The summed E-state index contributed by atoms with van der Waals surface area (Å²) < 4.78 is 28.8. The Labute approximate surface area is 129 Å². The van der Waals surface area contributed by atoms with E-state index in [2.05, 4.69) is 0 Å². The molecule has 21 heavy (non-hydrogen) atoms. The van der Waals surface area contributed by atoms with Crippen molar-refractivity contribution in [3.63, 3.8) is 0 Å². The van der Waals surface area contributed by atoms with Gasteiger partial charge in [0.2, 0.25) is 0 Å². The summed E-state index contributed by atoms with van der Waals surface area (Å²) in [5, 5.41) is 0. The van der Waals surface area contributed by atoms with Crippen LogP contribution in [0.1, 0.15) is 37.0 Å². The first-order chi connectivity index (χ1) is 9.70. The van der Waals surface area contributed by atoms with Crippen molar-refractivity contribution in [1.82, 2.24) is 4.90 Å². The van der Waals surface area contributed by atoms with Gasteiger partial charge in [-0.25, -0.2) is 8.42 Å². The molecule has 0 unspecified atom stereocenters. The van der Waals surface area contributed by atoms with E-state index in [0.29, 0.717) is 5.56 Å². The molecule has 1 fully saturated rings. The fourth-order valence-corrected chi connectivity index (χ4v) is 3.00. The van der Waals surface area contributed by atoms with Gasteiger partial charge in [-0.05, 0) is 44.9 Å². The third-order valence-corrected chi connectivity index (χ3v) is 4.57. The van der Waals surface area contributed by atoms with Gasteiger partial charge in [0, 0.05) is 29.3 Å². The van der Waals surface area contributed by atoms with Gasteiger partial charge >= 0.3 is 0 Å². The Kier molecular flexibility index (Phi) is 4.49. The van der Waals surface area contributed by atoms with Crippen LogP contribution in [0.2, 0.25) is 0 Å². The minimum absolute atomic E-state index is 0.158. The largest absolute Gasteiger partial charge is 0.490 e. The van der Waals surface area contributed by atoms with Crippen LogP contribution < -0.4 is 4.74 Å². The number of carbonyl (C=O) groups excluding carboxylic acids is 1.